The largest absolute Gasteiger partial charge is 0.334 e. The van der Waals surface area contributed by atoms with Gasteiger partial charge in [0.05, 0.1) is 28.7 Å². The number of amides is 1. The summed E-state index contributed by atoms with van der Waals surface area (Å²) in [6.07, 6.45) is 3.09. The molecule has 0 saturated heterocycles. The first-order chi connectivity index (χ1) is 13.5. The molecule has 0 fully saturated rings. The number of benzene rings is 2. The summed E-state index contributed by atoms with van der Waals surface area (Å²) in [4.78, 5) is 34.1. The second-order valence-corrected chi connectivity index (χ2v) is 6.58. The summed E-state index contributed by atoms with van der Waals surface area (Å²) in [7, 11) is 1.68. The zero-order valence-electron chi connectivity index (χ0n) is 15.5. The molecular weight excluding hydrogens is 356 g/mol. The molecule has 0 unspecified atom stereocenters. The Labute approximate surface area is 160 Å². The number of aromatic nitrogens is 5. The van der Waals surface area contributed by atoms with Crippen LogP contribution < -0.4 is 5.56 Å². The topological polar surface area (TPSA) is 96.8 Å². The van der Waals surface area contributed by atoms with E-state index in [1.165, 1.54) is 4.90 Å². The van der Waals surface area contributed by atoms with Crippen LogP contribution in [0.5, 0.6) is 0 Å². The molecule has 140 valence electrons. The van der Waals surface area contributed by atoms with Crippen molar-refractivity contribution in [3.05, 3.63) is 82.4 Å². The van der Waals surface area contributed by atoms with E-state index in [9.17, 15) is 9.59 Å². The second kappa shape index (κ2) is 7.07. The highest BCUT2D eigenvalue weighted by molar-refractivity contribution is 5.97. The van der Waals surface area contributed by atoms with Crippen molar-refractivity contribution in [3.8, 4) is 5.69 Å². The summed E-state index contributed by atoms with van der Waals surface area (Å²) >= 11 is 0. The maximum absolute atomic E-state index is 13.1. The summed E-state index contributed by atoms with van der Waals surface area (Å²) < 4.78 is 1.69. The highest BCUT2D eigenvalue weighted by Gasteiger charge is 2.18. The quantitative estimate of drug-likeness (QED) is 0.590. The van der Waals surface area contributed by atoms with E-state index in [1.807, 2.05) is 31.2 Å². The summed E-state index contributed by atoms with van der Waals surface area (Å²) in [5.74, 6) is 0.237. The van der Waals surface area contributed by atoms with Crippen LogP contribution >= 0.6 is 0 Å². The number of rotatable bonds is 4. The van der Waals surface area contributed by atoms with Crippen molar-refractivity contribution >= 4 is 16.8 Å². The number of nitrogens with zero attached hydrogens (tertiary/aromatic N) is 5. The van der Waals surface area contributed by atoms with Crippen LogP contribution in [0.2, 0.25) is 0 Å². The standard InChI is InChI=1S/C20H18N6O2/c1-13-7-8-17(26-11-21-22-12-26)15(9-13)20(28)25(2)10-18-23-16-6-4-3-5-14(16)19(27)24-18/h3-9,11-12H,10H2,1-2H3,(H,23,24,27). The molecule has 0 aliphatic heterocycles. The third-order valence-corrected chi connectivity index (χ3v) is 4.47. The molecule has 1 N–H and O–H groups in total. The molecule has 0 aliphatic carbocycles. The van der Waals surface area contributed by atoms with Crippen molar-refractivity contribution in [2.24, 2.45) is 0 Å². The number of carbonyl (C=O) groups is 1. The van der Waals surface area contributed by atoms with E-state index in [4.69, 9.17) is 0 Å². The van der Waals surface area contributed by atoms with Gasteiger partial charge in [-0.15, -0.1) is 10.2 Å². The Bertz CT molecular complexity index is 1210. The lowest BCUT2D eigenvalue weighted by Crippen LogP contribution is -2.29. The van der Waals surface area contributed by atoms with Gasteiger partial charge in [-0.2, -0.15) is 0 Å². The Morgan fingerprint density at radius 2 is 1.89 bits per heavy atom. The van der Waals surface area contributed by atoms with E-state index in [-0.39, 0.29) is 18.0 Å². The van der Waals surface area contributed by atoms with Crippen molar-refractivity contribution in [1.29, 1.82) is 0 Å². The van der Waals surface area contributed by atoms with Crippen molar-refractivity contribution in [3.63, 3.8) is 0 Å². The van der Waals surface area contributed by atoms with E-state index in [0.717, 1.165) is 5.56 Å². The summed E-state index contributed by atoms with van der Waals surface area (Å²) in [6.45, 7) is 2.10. The van der Waals surface area contributed by atoms with Crippen molar-refractivity contribution in [2.45, 2.75) is 13.5 Å². The van der Waals surface area contributed by atoms with Gasteiger partial charge in [0.15, 0.2) is 0 Å². The maximum atomic E-state index is 13.1. The molecule has 0 saturated carbocycles. The maximum Gasteiger partial charge on any atom is 0.258 e. The number of H-pyrrole nitrogens is 1. The minimum absolute atomic E-state index is 0.175. The van der Waals surface area contributed by atoms with Gasteiger partial charge in [0, 0.05) is 7.05 Å². The molecule has 0 spiro atoms. The van der Waals surface area contributed by atoms with Gasteiger partial charge in [0.25, 0.3) is 11.5 Å². The zero-order chi connectivity index (χ0) is 19.7. The molecule has 2 aromatic carbocycles. The molecule has 4 rings (SSSR count). The zero-order valence-corrected chi connectivity index (χ0v) is 15.5. The van der Waals surface area contributed by atoms with Gasteiger partial charge in [-0.1, -0.05) is 23.8 Å². The molecule has 2 heterocycles. The molecule has 0 bridgehead atoms. The van der Waals surface area contributed by atoms with Gasteiger partial charge in [0.1, 0.15) is 18.5 Å². The van der Waals surface area contributed by atoms with Gasteiger partial charge in [0.2, 0.25) is 0 Å². The average Bonchev–Trinajstić information content (AvgIpc) is 3.22. The first kappa shape index (κ1) is 17.6. The number of aryl methyl sites for hydroxylation is 1. The van der Waals surface area contributed by atoms with Crippen LogP contribution in [0.25, 0.3) is 16.6 Å². The average molecular weight is 374 g/mol. The van der Waals surface area contributed by atoms with Gasteiger partial charge in [-0.05, 0) is 31.2 Å². The lowest BCUT2D eigenvalue weighted by molar-refractivity contribution is 0.0781. The van der Waals surface area contributed by atoms with E-state index in [0.29, 0.717) is 28.0 Å². The highest BCUT2D eigenvalue weighted by Crippen LogP contribution is 2.18. The van der Waals surface area contributed by atoms with Crippen LogP contribution in [0.15, 0.2) is 59.9 Å². The first-order valence-electron chi connectivity index (χ1n) is 8.72. The van der Waals surface area contributed by atoms with E-state index in [1.54, 1.807) is 42.5 Å². The van der Waals surface area contributed by atoms with Crippen molar-refractivity contribution in [1.82, 2.24) is 29.6 Å². The van der Waals surface area contributed by atoms with Crippen LogP contribution in [0.1, 0.15) is 21.7 Å². The molecule has 0 radical (unpaired) electrons. The van der Waals surface area contributed by atoms with Gasteiger partial charge in [-0.3, -0.25) is 14.2 Å². The van der Waals surface area contributed by atoms with E-state index < -0.39 is 0 Å². The Kier molecular flexibility index (Phi) is 4.44. The molecule has 8 heteroatoms. The Morgan fingerprint density at radius 1 is 1.14 bits per heavy atom. The van der Waals surface area contributed by atoms with Crippen LogP contribution in [0.4, 0.5) is 0 Å². The molecule has 2 aromatic heterocycles. The van der Waals surface area contributed by atoms with Gasteiger partial charge < -0.3 is 9.88 Å². The normalized spacial score (nSPS) is 10.9. The lowest BCUT2D eigenvalue weighted by atomic mass is 10.1. The Hall–Kier alpha value is -3.81. The number of carbonyl (C=O) groups excluding carboxylic acids is 1. The van der Waals surface area contributed by atoms with Crippen molar-refractivity contribution in [2.75, 3.05) is 7.05 Å². The second-order valence-electron chi connectivity index (χ2n) is 6.58. The number of nitrogens with one attached hydrogen (secondary N) is 1. The SMILES string of the molecule is Cc1ccc(-n2cnnc2)c(C(=O)N(C)Cc2nc3ccccc3c(=O)[nH]2)c1. The Morgan fingerprint density at radius 3 is 2.68 bits per heavy atom. The lowest BCUT2D eigenvalue weighted by Gasteiger charge is -2.19. The number of hydrogen-bond acceptors (Lipinski definition) is 5. The summed E-state index contributed by atoms with van der Waals surface area (Å²) in [5.41, 5.74) is 2.55. The van der Waals surface area contributed by atoms with Crippen LogP contribution in [0.3, 0.4) is 0 Å². The molecule has 0 aliphatic rings. The number of para-hydroxylation sites is 1. The fourth-order valence-electron chi connectivity index (χ4n) is 3.08. The summed E-state index contributed by atoms with van der Waals surface area (Å²) in [5, 5.41) is 8.14. The van der Waals surface area contributed by atoms with Crippen LogP contribution in [-0.2, 0) is 6.54 Å². The van der Waals surface area contributed by atoms with Gasteiger partial charge >= 0.3 is 0 Å². The minimum atomic E-state index is -0.220. The number of aromatic amines is 1. The molecule has 28 heavy (non-hydrogen) atoms. The molecule has 8 nitrogen and oxygen atoms in total. The molecule has 0 atom stereocenters. The third-order valence-electron chi connectivity index (χ3n) is 4.47. The number of fused-ring (bicyclic) bond motifs is 1. The predicted molar refractivity (Wildman–Crippen MR) is 104 cm³/mol. The minimum Gasteiger partial charge on any atom is -0.334 e. The smallest absolute Gasteiger partial charge is 0.258 e. The Balaban J connectivity index is 1.66. The van der Waals surface area contributed by atoms with Crippen LogP contribution in [-0.4, -0.2) is 42.6 Å². The highest BCUT2D eigenvalue weighted by atomic mass is 16.2. The van der Waals surface area contributed by atoms with Gasteiger partial charge in [-0.25, -0.2) is 4.98 Å². The third kappa shape index (κ3) is 3.27. The fraction of sp³-hybridized carbons (Fsp3) is 0.150. The molecule has 4 aromatic rings. The summed E-state index contributed by atoms with van der Waals surface area (Å²) in [6, 6.07) is 12.7. The van der Waals surface area contributed by atoms with Crippen LogP contribution in [0, 0.1) is 6.92 Å². The fourth-order valence-corrected chi connectivity index (χ4v) is 3.08. The number of hydrogen-bond donors (Lipinski definition) is 1. The van der Waals surface area contributed by atoms with Crippen molar-refractivity contribution < 1.29 is 4.79 Å². The first-order valence-corrected chi connectivity index (χ1v) is 8.72. The van der Waals surface area contributed by atoms with E-state index in [2.05, 4.69) is 20.2 Å². The molecular formula is C20H18N6O2. The molecule has 1 amide bonds. The van der Waals surface area contributed by atoms with E-state index >= 15 is 0 Å². The predicted octanol–water partition coefficient (Wildman–Crippen LogP) is 2.08. The monoisotopic (exact) mass is 374 g/mol.